The number of rotatable bonds is 7. The molecule has 0 amide bonds. The van der Waals surface area contributed by atoms with Gasteiger partial charge in [-0.2, -0.15) is 0 Å². The van der Waals surface area contributed by atoms with Crippen LogP contribution < -0.4 is 15.4 Å². The Balaban J connectivity index is 0.00000280. The second kappa shape index (κ2) is 13.2. The second-order valence-corrected chi connectivity index (χ2v) is 7.56. The largest absolute Gasteiger partial charge is 0.493 e. The van der Waals surface area contributed by atoms with Crippen molar-refractivity contribution in [3.05, 3.63) is 29.8 Å². The summed E-state index contributed by atoms with van der Waals surface area (Å²) in [7, 11) is 1.83. The van der Waals surface area contributed by atoms with E-state index in [1.807, 2.05) is 19.2 Å². The maximum absolute atomic E-state index is 6.07. The lowest BCUT2D eigenvalue weighted by molar-refractivity contribution is 0.0411. The summed E-state index contributed by atoms with van der Waals surface area (Å²) in [5.41, 5.74) is 1.21. The van der Waals surface area contributed by atoms with Crippen LogP contribution in [-0.4, -0.2) is 38.9 Å². The molecular formula is C22H36IN3O2. The van der Waals surface area contributed by atoms with Gasteiger partial charge in [0.15, 0.2) is 5.96 Å². The van der Waals surface area contributed by atoms with Crippen LogP contribution in [0.1, 0.15) is 69.4 Å². The molecule has 2 aliphatic rings. The van der Waals surface area contributed by atoms with Crippen LogP contribution in [0.15, 0.2) is 29.3 Å². The summed E-state index contributed by atoms with van der Waals surface area (Å²) in [6, 6.07) is 8.50. The number of hydrogen-bond acceptors (Lipinski definition) is 3. The maximum Gasteiger partial charge on any atom is 0.191 e. The summed E-state index contributed by atoms with van der Waals surface area (Å²) in [5, 5.41) is 6.98. The lowest BCUT2D eigenvalue weighted by Gasteiger charge is -2.28. The van der Waals surface area contributed by atoms with E-state index in [1.165, 1.54) is 44.1 Å². The summed E-state index contributed by atoms with van der Waals surface area (Å²) in [4.78, 5) is 4.38. The van der Waals surface area contributed by atoms with Gasteiger partial charge in [0.1, 0.15) is 5.75 Å². The second-order valence-electron chi connectivity index (χ2n) is 7.56. The highest BCUT2D eigenvalue weighted by molar-refractivity contribution is 14.0. The van der Waals surface area contributed by atoms with Crippen molar-refractivity contribution in [1.82, 2.24) is 10.6 Å². The van der Waals surface area contributed by atoms with Gasteiger partial charge in [-0.15, -0.1) is 24.0 Å². The van der Waals surface area contributed by atoms with Crippen LogP contribution in [-0.2, 0) is 4.74 Å². The molecule has 2 N–H and O–H groups in total. The molecule has 0 aromatic heterocycles. The molecule has 1 fully saturated rings. The number of nitrogens with zero attached hydrogens (tertiary/aromatic N) is 1. The number of benzene rings is 1. The first kappa shape index (κ1) is 23.3. The third-order valence-electron chi connectivity index (χ3n) is 5.51. The zero-order chi connectivity index (χ0) is 18.7. The van der Waals surface area contributed by atoms with Crippen LogP contribution in [0.4, 0.5) is 0 Å². The van der Waals surface area contributed by atoms with Crippen molar-refractivity contribution in [3.63, 3.8) is 0 Å². The SMILES string of the molecule is CN=C(NCCCCOC1CCCCCC1)NC1CCOc2ccccc21.I. The van der Waals surface area contributed by atoms with Crippen molar-refractivity contribution >= 4 is 29.9 Å². The van der Waals surface area contributed by atoms with Crippen molar-refractivity contribution in [1.29, 1.82) is 0 Å². The van der Waals surface area contributed by atoms with Crippen LogP contribution in [0, 0.1) is 0 Å². The molecule has 28 heavy (non-hydrogen) atoms. The summed E-state index contributed by atoms with van der Waals surface area (Å²) in [6.45, 7) is 2.54. The van der Waals surface area contributed by atoms with Gasteiger partial charge in [0, 0.05) is 32.2 Å². The molecule has 6 heteroatoms. The zero-order valence-electron chi connectivity index (χ0n) is 17.1. The van der Waals surface area contributed by atoms with Crippen molar-refractivity contribution < 1.29 is 9.47 Å². The summed E-state index contributed by atoms with van der Waals surface area (Å²) in [6.07, 6.45) is 11.6. The van der Waals surface area contributed by atoms with E-state index in [0.717, 1.165) is 50.7 Å². The maximum atomic E-state index is 6.07. The molecule has 0 radical (unpaired) electrons. The highest BCUT2D eigenvalue weighted by atomic mass is 127. The van der Waals surface area contributed by atoms with Crippen LogP contribution in [0.3, 0.4) is 0 Å². The van der Waals surface area contributed by atoms with E-state index in [2.05, 4.69) is 27.8 Å². The Kier molecular flexibility index (Phi) is 11.0. The first-order chi connectivity index (χ1) is 13.4. The van der Waals surface area contributed by atoms with E-state index >= 15 is 0 Å². The fourth-order valence-electron chi connectivity index (χ4n) is 3.94. The van der Waals surface area contributed by atoms with E-state index in [-0.39, 0.29) is 30.0 Å². The van der Waals surface area contributed by atoms with Gasteiger partial charge in [-0.3, -0.25) is 4.99 Å². The lowest BCUT2D eigenvalue weighted by atomic mass is 10.0. The van der Waals surface area contributed by atoms with Crippen molar-refractivity contribution in [2.75, 3.05) is 26.8 Å². The van der Waals surface area contributed by atoms with Crippen molar-refractivity contribution in [2.45, 2.75) is 69.9 Å². The molecule has 1 saturated carbocycles. The molecule has 1 atom stereocenters. The number of para-hydroxylation sites is 1. The molecule has 1 aromatic carbocycles. The molecule has 1 heterocycles. The molecule has 3 rings (SSSR count). The first-order valence-corrected chi connectivity index (χ1v) is 10.7. The Hall–Kier alpha value is -1.02. The molecule has 1 unspecified atom stereocenters. The van der Waals surface area contributed by atoms with Crippen LogP contribution in [0.5, 0.6) is 5.75 Å². The van der Waals surface area contributed by atoms with Crippen LogP contribution >= 0.6 is 24.0 Å². The monoisotopic (exact) mass is 501 g/mol. The fraction of sp³-hybridized carbons (Fsp3) is 0.682. The van der Waals surface area contributed by atoms with Gasteiger partial charge in [-0.25, -0.2) is 0 Å². The third-order valence-corrected chi connectivity index (χ3v) is 5.51. The number of nitrogens with one attached hydrogen (secondary N) is 2. The van der Waals surface area contributed by atoms with E-state index in [4.69, 9.17) is 9.47 Å². The Bertz CT molecular complexity index is 589. The first-order valence-electron chi connectivity index (χ1n) is 10.7. The highest BCUT2D eigenvalue weighted by Gasteiger charge is 2.21. The summed E-state index contributed by atoms with van der Waals surface area (Å²) < 4.78 is 11.8. The van der Waals surface area contributed by atoms with Gasteiger partial charge in [-0.1, -0.05) is 43.9 Å². The third kappa shape index (κ3) is 7.43. The molecule has 1 aliphatic heterocycles. The van der Waals surface area contributed by atoms with Gasteiger partial charge in [-0.05, 0) is 31.7 Å². The Labute approximate surface area is 187 Å². The minimum absolute atomic E-state index is 0. The highest BCUT2D eigenvalue weighted by Crippen LogP contribution is 2.31. The number of ether oxygens (including phenoxy) is 2. The average Bonchev–Trinajstić information content (AvgIpc) is 2.98. The van der Waals surface area contributed by atoms with E-state index < -0.39 is 0 Å². The Morgan fingerprint density at radius 3 is 2.68 bits per heavy atom. The summed E-state index contributed by atoms with van der Waals surface area (Å²) in [5.74, 6) is 1.84. The van der Waals surface area contributed by atoms with E-state index in [0.29, 0.717) is 6.10 Å². The number of guanidine groups is 1. The van der Waals surface area contributed by atoms with Gasteiger partial charge >= 0.3 is 0 Å². The molecule has 0 spiro atoms. The molecule has 0 saturated heterocycles. The molecule has 5 nitrogen and oxygen atoms in total. The van der Waals surface area contributed by atoms with E-state index in [1.54, 1.807) is 0 Å². The minimum Gasteiger partial charge on any atom is -0.493 e. The zero-order valence-corrected chi connectivity index (χ0v) is 19.5. The smallest absolute Gasteiger partial charge is 0.191 e. The topological polar surface area (TPSA) is 54.9 Å². The molecular weight excluding hydrogens is 465 g/mol. The van der Waals surface area contributed by atoms with Gasteiger partial charge in [0.25, 0.3) is 0 Å². The lowest BCUT2D eigenvalue weighted by Crippen LogP contribution is -2.41. The van der Waals surface area contributed by atoms with Gasteiger partial charge < -0.3 is 20.1 Å². The summed E-state index contributed by atoms with van der Waals surface area (Å²) >= 11 is 0. The van der Waals surface area contributed by atoms with Gasteiger partial charge in [0.2, 0.25) is 0 Å². The van der Waals surface area contributed by atoms with Crippen LogP contribution in [0.25, 0.3) is 0 Å². The predicted octanol–water partition coefficient (Wildman–Crippen LogP) is 4.81. The fourth-order valence-corrected chi connectivity index (χ4v) is 3.94. The quantitative estimate of drug-likeness (QED) is 0.185. The average molecular weight is 501 g/mol. The van der Waals surface area contributed by atoms with Crippen LogP contribution in [0.2, 0.25) is 0 Å². The molecule has 1 aromatic rings. The van der Waals surface area contributed by atoms with E-state index in [9.17, 15) is 0 Å². The number of halogens is 1. The Morgan fingerprint density at radius 2 is 1.89 bits per heavy atom. The predicted molar refractivity (Wildman–Crippen MR) is 126 cm³/mol. The Morgan fingerprint density at radius 1 is 1.11 bits per heavy atom. The number of fused-ring (bicyclic) bond motifs is 1. The normalized spacial score (nSPS) is 20.3. The van der Waals surface area contributed by atoms with Crippen molar-refractivity contribution in [3.8, 4) is 5.75 Å². The number of aliphatic imine (C=N–C) groups is 1. The molecule has 0 bridgehead atoms. The molecule has 1 aliphatic carbocycles. The number of unbranched alkanes of at least 4 members (excludes halogenated alkanes) is 1. The molecule has 158 valence electrons. The number of hydrogen-bond donors (Lipinski definition) is 2. The minimum atomic E-state index is 0. The van der Waals surface area contributed by atoms with Crippen molar-refractivity contribution in [2.24, 2.45) is 4.99 Å². The van der Waals surface area contributed by atoms with Gasteiger partial charge in [0.05, 0.1) is 18.8 Å². The standard InChI is InChI=1S/C22H35N3O2.HI/c1-23-22(25-20-14-17-27-21-13-7-6-12-19(20)21)24-15-8-9-16-26-18-10-4-2-3-5-11-18;/h6-7,12-13,18,20H,2-5,8-11,14-17H2,1H3,(H2,23,24,25);1H.